The van der Waals surface area contributed by atoms with Crippen LogP contribution in [0.4, 0.5) is 0 Å². The number of ether oxygens (including phenoxy) is 3. The van der Waals surface area contributed by atoms with Crippen LogP contribution in [0.1, 0.15) is 33.6 Å². The van der Waals surface area contributed by atoms with Gasteiger partial charge in [0.1, 0.15) is 17.5 Å². The van der Waals surface area contributed by atoms with Gasteiger partial charge in [-0.05, 0) is 55.2 Å². The number of nitrogens with one attached hydrogen (secondary N) is 2. The number of rotatable bonds is 10. The molecule has 1 unspecified atom stereocenters. The Labute approximate surface area is 205 Å². The molecule has 9 heteroatoms. The van der Waals surface area contributed by atoms with Crippen molar-refractivity contribution in [2.75, 3.05) is 47.6 Å². The highest BCUT2D eigenvalue weighted by atomic mass is 16.5. The Balaban J connectivity index is 1.69. The van der Waals surface area contributed by atoms with Crippen molar-refractivity contribution >= 4 is 17.7 Å². The van der Waals surface area contributed by atoms with Gasteiger partial charge in [-0.1, -0.05) is 12.1 Å². The van der Waals surface area contributed by atoms with Crippen LogP contribution in [0.25, 0.3) is 0 Å². The summed E-state index contributed by atoms with van der Waals surface area (Å²) in [6.45, 7) is 1.66. The lowest BCUT2D eigenvalue weighted by Gasteiger charge is -2.36. The van der Waals surface area contributed by atoms with Crippen LogP contribution in [0.3, 0.4) is 0 Å². The number of hydrogen-bond acceptors (Lipinski definition) is 6. The molecule has 3 rings (SSSR count). The number of nitrogens with zero attached hydrogens (tertiary/aromatic N) is 1. The van der Waals surface area contributed by atoms with Gasteiger partial charge in [0.05, 0.1) is 26.4 Å². The highest BCUT2D eigenvalue weighted by Crippen LogP contribution is 2.26. The third-order valence-corrected chi connectivity index (χ3v) is 6.16. The molecule has 0 saturated carbocycles. The molecule has 0 aliphatic carbocycles. The van der Waals surface area contributed by atoms with Gasteiger partial charge in [-0.2, -0.15) is 0 Å². The number of methoxy groups -OCH3 is 3. The molecule has 0 bridgehead atoms. The number of hydrogen-bond donors (Lipinski definition) is 2. The molecule has 1 aliphatic rings. The zero-order valence-electron chi connectivity index (χ0n) is 20.4. The lowest BCUT2D eigenvalue weighted by Crippen LogP contribution is -2.54. The summed E-state index contributed by atoms with van der Waals surface area (Å²) in [6, 6.07) is 13.1. The van der Waals surface area contributed by atoms with Crippen LogP contribution in [0, 0.1) is 5.92 Å². The van der Waals surface area contributed by atoms with Crippen molar-refractivity contribution in [3.63, 3.8) is 0 Å². The number of para-hydroxylation sites is 1. The predicted molar refractivity (Wildman–Crippen MR) is 131 cm³/mol. The van der Waals surface area contributed by atoms with E-state index in [0.717, 1.165) is 0 Å². The Hall–Kier alpha value is -3.59. The molecule has 1 saturated heterocycles. The first-order valence-corrected chi connectivity index (χ1v) is 11.6. The SMILES string of the molecule is COCCNC(=O)C(NC(=O)c1ccc(OC)cc1)C1CCN(C(=O)c2ccccc2OC)CC1. The molecular weight excluding hydrogens is 450 g/mol. The number of carbonyl (C=O) groups excluding carboxylic acids is 3. The van der Waals surface area contributed by atoms with Crippen LogP contribution in [-0.4, -0.2) is 76.2 Å². The molecule has 3 amide bonds. The third-order valence-electron chi connectivity index (χ3n) is 6.16. The van der Waals surface area contributed by atoms with Gasteiger partial charge in [-0.3, -0.25) is 14.4 Å². The number of likely N-dealkylation sites (tertiary alicyclic amines) is 1. The van der Waals surface area contributed by atoms with Gasteiger partial charge in [-0.25, -0.2) is 0 Å². The van der Waals surface area contributed by atoms with E-state index < -0.39 is 6.04 Å². The second-order valence-corrected chi connectivity index (χ2v) is 8.29. The highest BCUT2D eigenvalue weighted by Gasteiger charge is 2.34. The maximum absolute atomic E-state index is 13.1. The minimum Gasteiger partial charge on any atom is -0.497 e. The molecule has 0 spiro atoms. The average molecular weight is 484 g/mol. The first-order chi connectivity index (χ1) is 17.0. The Kier molecular flexibility index (Phi) is 9.48. The maximum atomic E-state index is 13.1. The van der Waals surface area contributed by atoms with Crippen molar-refractivity contribution in [3.05, 3.63) is 59.7 Å². The van der Waals surface area contributed by atoms with Crippen LogP contribution >= 0.6 is 0 Å². The highest BCUT2D eigenvalue weighted by molar-refractivity contribution is 5.98. The topological polar surface area (TPSA) is 106 Å². The number of piperidine rings is 1. The molecule has 0 radical (unpaired) electrons. The molecule has 9 nitrogen and oxygen atoms in total. The van der Waals surface area contributed by atoms with E-state index in [1.54, 1.807) is 61.6 Å². The van der Waals surface area contributed by atoms with Crippen LogP contribution in [0.15, 0.2) is 48.5 Å². The van der Waals surface area contributed by atoms with E-state index in [0.29, 0.717) is 61.7 Å². The summed E-state index contributed by atoms with van der Waals surface area (Å²) >= 11 is 0. The van der Waals surface area contributed by atoms with Crippen LogP contribution < -0.4 is 20.1 Å². The second kappa shape index (κ2) is 12.8. The summed E-state index contributed by atoms with van der Waals surface area (Å²) in [5.74, 6) is 0.334. The lowest BCUT2D eigenvalue weighted by molar-refractivity contribution is -0.124. The molecule has 1 fully saturated rings. The normalized spacial score (nSPS) is 14.7. The predicted octanol–water partition coefficient (Wildman–Crippen LogP) is 2.12. The van der Waals surface area contributed by atoms with E-state index >= 15 is 0 Å². The fourth-order valence-electron chi connectivity index (χ4n) is 4.18. The quantitative estimate of drug-likeness (QED) is 0.502. The molecular formula is C26H33N3O6. The molecule has 1 aliphatic heterocycles. The number of carbonyl (C=O) groups is 3. The first-order valence-electron chi connectivity index (χ1n) is 11.6. The summed E-state index contributed by atoms with van der Waals surface area (Å²) in [5.41, 5.74) is 0.944. The van der Waals surface area contributed by atoms with E-state index in [4.69, 9.17) is 14.2 Å². The fourth-order valence-corrected chi connectivity index (χ4v) is 4.18. The summed E-state index contributed by atoms with van der Waals surface area (Å²) in [7, 11) is 4.65. The summed E-state index contributed by atoms with van der Waals surface area (Å²) in [6.07, 6.45) is 1.15. The minimum absolute atomic E-state index is 0.107. The van der Waals surface area contributed by atoms with Gasteiger partial charge >= 0.3 is 0 Å². The number of amides is 3. The zero-order chi connectivity index (χ0) is 25.2. The van der Waals surface area contributed by atoms with Crippen molar-refractivity contribution in [2.45, 2.75) is 18.9 Å². The molecule has 1 atom stereocenters. The van der Waals surface area contributed by atoms with Crippen LogP contribution in [0.5, 0.6) is 11.5 Å². The zero-order valence-corrected chi connectivity index (χ0v) is 20.4. The minimum atomic E-state index is -0.732. The van der Waals surface area contributed by atoms with E-state index in [9.17, 15) is 14.4 Å². The van der Waals surface area contributed by atoms with Gasteiger partial charge in [0.15, 0.2) is 0 Å². The Bertz CT molecular complexity index is 1000. The van der Waals surface area contributed by atoms with Crippen LogP contribution in [-0.2, 0) is 9.53 Å². The van der Waals surface area contributed by atoms with Crippen molar-refractivity contribution in [1.29, 1.82) is 0 Å². The Morgan fingerprint density at radius 1 is 0.971 bits per heavy atom. The first kappa shape index (κ1) is 26.0. The summed E-state index contributed by atoms with van der Waals surface area (Å²) in [4.78, 5) is 40.7. The van der Waals surface area contributed by atoms with Gasteiger partial charge < -0.3 is 29.7 Å². The average Bonchev–Trinajstić information content (AvgIpc) is 2.91. The van der Waals surface area contributed by atoms with E-state index in [-0.39, 0.29) is 23.6 Å². The van der Waals surface area contributed by atoms with Gasteiger partial charge in [0.2, 0.25) is 5.91 Å². The molecule has 2 N–H and O–H groups in total. The second-order valence-electron chi connectivity index (χ2n) is 8.29. The fraction of sp³-hybridized carbons (Fsp3) is 0.423. The Morgan fingerprint density at radius 3 is 2.29 bits per heavy atom. The summed E-state index contributed by atoms with van der Waals surface area (Å²) < 4.78 is 15.5. The molecule has 2 aromatic rings. The lowest BCUT2D eigenvalue weighted by atomic mass is 9.88. The van der Waals surface area contributed by atoms with Crippen molar-refractivity contribution in [1.82, 2.24) is 15.5 Å². The van der Waals surface area contributed by atoms with Gasteiger partial charge in [0.25, 0.3) is 11.8 Å². The molecule has 35 heavy (non-hydrogen) atoms. The monoisotopic (exact) mass is 483 g/mol. The Morgan fingerprint density at radius 2 is 1.66 bits per heavy atom. The van der Waals surface area contributed by atoms with Gasteiger partial charge in [-0.15, -0.1) is 0 Å². The standard InChI is InChI=1S/C26H33N3O6/c1-33-17-14-27-25(31)23(28-24(30)19-8-10-20(34-2)11-9-19)18-12-15-29(16-13-18)26(32)21-6-4-5-7-22(21)35-3/h4-11,18,23H,12-17H2,1-3H3,(H,27,31)(H,28,30). The smallest absolute Gasteiger partial charge is 0.257 e. The van der Waals surface area contributed by atoms with Crippen molar-refractivity contribution in [2.24, 2.45) is 5.92 Å². The van der Waals surface area contributed by atoms with E-state index in [1.165, 1.54) is 7.11 Å². The molecule has 188 valence electrons. The third kappa shape index (κ3) is 6.73. The van der Waals surface area contributed by atoms with Crippen molar-refractivity contribution in [3.8, 4) is 11.5 Å². The van der Waals surface area contributed by atoms with Crippen molar-refractivity contribution < 1.29 is 28.6 Å². The molecule has 0 aromatic heterocycles. The number of benzene rings is 2. The molecule has 2 aromatic carbocycles. The summed E-state index contributed by atoms with van der Waals surface area (Å²) in [5, 5.41) is 5.74. The van der Waals surface area contributed by atoms with Crippen LogP contribution in [0.2, 0.25) is 0 Å². The van der Waals surface area contributed by atoms with Gasteiger partial charge in [0, 0.05) is 32.3 Å². The molecule has 1 heterocycles. The van der Waals surface area contributed by atoms with E-state index in [2.05, 4.69) is 10.6 Å². The van der Waals surface area contributed by atoms with E-state index in [1.807, 2.05) is 6.07 Å². The largest absolute Gasteiger partial charge is 0.497 e. The maximum Gasteiger partial charge on any atom is 0.257 e.